The van der Waals surface area contributed by atoms with Crippen molar-refractivity contribution in [1.82, 2.24) is 24.9 Å². The van der Waals surface area contributed by atoms with E-state index < -0.39 is 5.95 Å². The fourth-order valence-electron chi connectivity index (χ4n) is 3.55. The van der Waals surface area contributed by atoms with E-state index in [1.54, 1.807) is 37.8 Å². The molecule has 0 radical (unpaired) electrons. The van der Waals surface area contributed by atoms with Crippen LogP contribution >= 0.6 is 0 Å². The van der Waals surface area contributed by atoms with Gasteiger partial charge >= 0.3 is 0 Å². The fourth-order valence-corrected chi connectivity index (χ4v) is 3.55. The molecule has 0 N–H and O–H groups in total. The fraction of sp³-hybridized carbons (Fsp3) is 0.350. The van der Waals surface area contributed by atoms with Crippen molar-refractivity contribution < 1.29 is 9.13 Å². The van der Waals surface area contributed by atoms with Crippen molar-refractivity contribution in [2.24, 2.45) is 0 Å². The van der Waals surface area contributed by atoms with Gasteiger partial charge < -0.3 is 9.64 Å². The standard InChI is InChI=1S/C20H21FN6O/c1-4-13-16(28-3)10-17(26-18(13)21)27-9-6-15-14(12(27)2)11-24-20(25-15)19-22-7-5-8-23-19/h5,7-8,10-12H,4,6,9H2,1-3H3. The SMILES string of the molecule is CCc1c(OC)cc(N2CCc3nc(-c4ncccn4)ncc3C2C)nc1F. The highest BCUT2D eigenvalue weighted by Crippen LogP contribution is 2.35. The van der Waals surface area contributed by atoms with Gasteiger partial charge in [-0.1, -0.05) is 6.92 Å². The zero-order chi connectivity index (χ0) is 19.7. The third kappa shape index (κ3) is 3.15. The summed E-state index contributed by atoms with van der Waals surface area (Å²) in [5.41, 5.74) is 2.44. The molecule has 3 aromatic heterocycles. The first kappa shape index (κ1) is 18.2. The maximum Gasteiger partial charge on any atom is 0.221 e. The van der Waals surface area contributed by atoms with E-state index in [4.69, 9.17) is 4.74 Å². The minimum Gasteiger partial charge on any atom is -0.496 e. The van der Waals surface area contributed by atoms with Crippen LogP contribution in [0.5, 0.6) is 5.75 Å². The van der Waals surface area contributed by atoms with E-state index in [9.17, 15) is 4.39 Å². The van der Waals surface area contributed by atoms with E-state index in [1.807, 2.05) is 13.8 Å². The van der Waals surface area contributed by atoms with E-state index >= 15 is 0 Å². The second-order valence-electron chi connectivity index (χ2n) is 6.59. The van der Waals surface area contributed by atoms with Crippen LogP contribution in [-0.2, 0) is 12.8 Å². The number of hydrogen-bond donors (Lipinski definition) is 0. The molecule has 28 heavy (non-hydrogen) atoms. The number of aromatic nitrogens is 5. The van der Waals surface area contributed by atoms with Crippen molar-refractivity contribution in [3.63, 3.8) is 0 Å². The number of methoxy groups -OCH3 is 1. The van der Waals surface area contributed by atoms with Gasteiger partial charge in [-0.25, -0.2) is 24.9 Å². The van der Waals surface area contributed by atoms with Crippen LogP contribution in [0.25, 0.3) is 11.6 Å². The Morgan fingerprint density at radius 3 is 2.68 bits per heavy atom. The number of fused-ring (bicyclic) bond motifs is 1. The molecule has 1 atom stereocenters. The molecule has 4 heterocycles. The quantitative estimate of drug-likeness (QED) is 0.644. The molecule has 0 bridgehead atoms. The van der Waals surface area contributed by atoms with Gasteiger partial charge in [0.25, 0.3) is 0 Å². The minimum atomic E-state index is -0.484. The Morgan fingerprint density at radius 2 is 1.96 bits per heavy atom. The van der Waals surface area contributed by atoms with Gasteiger partial charge in [0.2, 0.25) is 5.95 Å². The Bertz CT molecular complexity index is 997. The van der Waals surface area contributed by atoms with Crippen LogP contribution in [0.15, 0.2) is 30.7 Å². The highest BCUT2D eigenvalue weighted by molar-refractivity contribution is 5.52. The van der Waals surface area contributed by atoms with Gasteiger partial charge in [-0.3, -0.25) is 0 Å². The normalized spacial score (nSPS) is 16.0. The second-order valence-corrected chi connectivity index (χ2v) is 6.59. The minimum absolute atomic E-state index is 0.0430. The lowest BCUT2D eigenvalue weighted by Gasteiger charge is -2.35. The lowest BCUT2D eigenvalue weighted by molar-refractivity contribution is 0.401. The van der Waals surface area contributed by atoms with Crippen LogP contribution in [-0.4, -0.2) is 38.6 Å². The first-order valence-electron chi connectivity index (χ1n) is 9.25. The monoisotopic (exact) mass is 380 g/mol. The lowest BCUT2D eigenvalue weighted by atomic mass is 9.99. The molecular weight excluding hydrogens is 359 g/mol. The highest BCUT2D eigenvalue weighted by atomic mass is 19.1. The van der Waals surface area contributed by atoms with Crippen molar-refractivity contribution in [3.05, 3.63) is 53.5 Å². The average Bonchev–Trinajstić information content (AvgIpc) is 2.73. The number of hydrogen-bond acceptors (Lipinski definition) is 7. The van der Waals surface area contributed by atoms with Gasteiger partial charge in [-0.2, -0.15) is 4.39 Å². The molecule has 0 amide bonds. The average molecular weight is 380 g/mol. The van der Waals surface area contributed by atoms with Crippen molar-refractivity contribution in [2.45, 2.75) is 32.7 Å². The summed E-state index contributed by atoms with van der Waals surface area (Å²) in [5, 5.41) is 0. The van der Waals surface area contributed by atoms with E-state index in [2.05, 4.69) is 29.8 Å². The molecule has 1 aliphatic heterocycles. The Morgan fingerprint density at radius 1 is 1.18 bits per heavy atom. The molecule has 0 aliphatic carbocycles. The van der Waals surface area contributed by atoms with Gasteiger partial charge in [-0.05, 0) is 19.4 Å². The number of anilines is 1. The molecule has 4 rings (SSSR count). The number of ether oxygens (including phenoxy) is 1. The molecule has 0 saturated carbocycles. The third-order valence-corrected chi connectivity index (χ3v) is 5.06. The van der Waals surface area contributed by atoms with E-state index in [-0.39, 0.29) is 6.04 Å². The Hall–Kier alpha value is -3.16. The van der Waals surface area contributed by atoms with E-state index in [1.165, 1.54) is 0 Å². The predicted octanol–water partition coefficient (Wildman–Crippen LogP) is 3.16. The van der Waals surface area contributed by atoms with E-state index in [0.717, 1.165) is 11.3 Å². The maximum absolute atomic E-state index is 14.5. The van der Waals surface area contributed by atoms with Crippen molar-refractivity contribution >= 4 is 5.82 Å². The molecule has 0 spiro atoms. The van der Waals surface area contributed by atoms with Crippen LogP contribution in [0.1, 0.15) is 36.7 Å². The van der Waals surface area contributed by atoms with Crippen LogP contribution in [0.2, 0.25) is 0 Å². The molecule has 7 nitrogen and oxygen atoms in total. The zero-order valence-corrected chi connectivity index (χ0v) is 16.1. The smallest absolute Gasteiger partial charge is 0.221 e. The topological polar surface area (TPSA) is 76.9 Å². The molecule has 0 aromatic carbocycles. The van der Waals surface area contributed by atoms with E-state index in [0.29, 0.717) is 48.2 Å². The number of nitrogens with zero attached hydrogens (tertiary/aromatic N) is 6. The molecule has 0 saturated heterocycles. The van der Waals surface area contributed by atoms with Crippen molar-refractivity contribution in [2.75, 3.05) is 18.6 Å². The largest absolute Gasteiger partial charge is 0.496 e. The van der Waals surface area contributed by atoms with Gasteiger partial charge in [-0.15, -0.1) is 0 Å². The highest BCUT2D eigenvalue weighted by Gasteiger charge is 2.28. The molecule has 3 aromatic rings. The summed E-state index contributed by atoms with van der Waals surface area (Å²) in [6, 6.07) is 3.52. The molecular formula is C20H21FN6O. The second kappa shape index (κ2) is 7.46. The third-order valence-electron chi connectivity index (χ3n) is 5.06. The molecule has 1 unspecified atom stereocenters. The van der Waals surface area contributed by atoms with Gasteiger partial charge in [0.05, 0.1) is 18.8 Å². The number of halogens is 1. The number of rotatable bonds is 4. The Kier molecular flexibility index (Phi) is 4.85. The maximum atomic E-state index is 14.5. The first-order chi connectivity index (χ1) is 13.6. The summed E-state index contributed by atoms with van der Waals surface area (Å²) >= 11 is 0. The predicted molar refractivity (Wildman–Crippen MR) is 103 cm³/mol. The van der Waals surface area contributed by atoms with Crippen molar-refractivity contribution in [1.29, 1.82) is 0 Å². The number of pyridine rings is 1. The summed E-state index contributed by atoms with van der Waals surface area (Å²) in [5.74, 6) is 1.61. The molecule has 8 heteroatoms. The summed E-state index contributed by atoms with van der Waals surface area (Å²) < 4.78 is 19.8. The lowest BCUT2D eigenvalue weighted by Crippen LogP contribution is -2.35. The Balaban J connectivity index is 1.67. The summed E-state index contributed by atoms with van der Waals surface area (Å²) in [6.45, 7) is 4.59. The van der Waals surface area contributed by atoms with Crippen LogP contribution < -0.4 is 9.64 Å². The summed E-state index contributed by atoms with van der Waals surface area (Å²) in [7, 11) is 1.55. The summed E-state index contributed by atoms with van der Waals surface area (Å²) in [4.78, 5) is 23.8. The molecule has 0 fully saturated rings. The van der Waals surface area contributed by atoms with Crippen LogP contribution in [0, 0.1) is 5.95 Å². The van der Waals surface area contributed by atoms with Crippen LogP contribution in [0.3, 0.4) is 0 Å². The van der Waals surface area contributed by atoms with Gasteiger partial charge in [0, 0.05) is 48.7 Å². The van der Waals surface area contributed by atoms with Gasteiger partial charge in [0.1, 0.15) is 11.6 Å². The van der Waals surface area contributed by atoms with Crippen LogP contribution in [0.4, 0.5) is 10.2 Å². The summed E-state index contributed by atoms with van der Waals surface area (Å²) in [6.07, 6.45) is 6.37. The van der Waals surface area contributed by atoms with Gasteiger partial charge in [0.15, 0.2) is 11.6 Å². The Labute approximate surface area is 162 Å². The van der Waals surface area contributed by atoms with Crippen molar-refractivity contribution in [3.8, 4) is 17.4 Å². The molecule has 1 aliphatic rings. The first-order valence-corrected chi connectivity index (χ1v) is 9.25. The molecule has 144 valence electrons. The zero-order valence-electron chi connectivity index (χ0n) is 16.1.